The Labute approximate surface area is 98.8 Å². The van der Waals surface area contributed by atoms with E-state index in [1.807, 2.05) is 0 Å². The van der Waals surface area contributed by atoms with Crippen LogP contribution in [0.1, 0.15) is 18.9 Å². The molecule has 0 radical (unpaired) electrons. The van der Waals surface area contributed by atoms with Gasteiger partial charge < -0.3 is 4.74 Å². The summed E-state index contributed by atoms with van der Waals surface area (Å²) < 4.78 is 27.4. The van der Waals surface area contributed by atoms with E-state index in [1.54, 1.807) is 0 Å². The Hall–Kier alpha value is -0.760. The highest BCUT2D eigenvalue weighted by atomic mass is 35.5. The smallest absolute Gasteiger partial charge is 0.214 e. The van der Waals surface area contributed by atoms with E-state index in [0.29, 0.717) is 5.02 Å². The van der Waals surface area contributed by atoms with Gasteiger partial charge in [0.25, 0.3) is 0 Å². The van der Waals surface area contributed by atoms with Gasteiger partial charge in [-0.25, -0.2) is 23.5 Å². The number of hydrogen-bond acceptors (Lipinski definition) is 5. The predicted octanol–water partition coefficient (Wildman–Crippen LogP) is 0.495. The summed E-state index contributed by atoms with van der Waals surface area (Å²) in [4.78, 5) is 7.79. The molecule has 0 bridgehead atoms. The zero-order valence-corrected chi connectivity index (χ0v) is 10.4. The van der Waals surface area contributed by atoms with Crippen LogP contribution in [0.15, 0.2) is 12.4 Å². The molecule has 0 aliphatic carbocycles. The van der Waals surface area contributed by atoms with Crippen LogP contribution < -0.4 is 5.14 Å². The van der Waals surface area contributed by atoms with Crippen molar-refractivity contribution < 1.29 is 13.2 Å². The number of ether oxygens (including phenoxy) is 1. The molecule has 8 heteroatoms. The normalized spacial score (nSPS) is 15.8. The molecule has 6 nitrogen and oxygen atoms in total. The lowest BCUT2D eigenvalue weighted by Gasteiger charge is -2.19. The maximum Gasteiger partial charge on any atom is 0.214 e. The number of methoxy groups -OCH3 is 1. The van der Waals surface area contributed by atoms with Crippen LogP contribution >= 0.6 is 11.6 Å². The van der Waals surface area contributed by atoms with Crippen molar-refractivity contribution in [3.63, 3.8) is 0 Å². The minimum atomic E-state index is -3.71. The number of halogens is 1. The molecule has 2 atom stereocenters. The highest BCUT2D eigenvalue weighted by Gasteiger charge is 2.30. The average Bonchev–Trinajstić information content (AvgIpc) is 2.20. The quantitative estimate of drug-likeness (QED) is 0.855. The largest absolute Gasteiger partial charge is 0.372 e. The predicted molar refractivity (Wildman–Crippen MR) is 59.4 cm³/mol. The van der Waals surface area contributed by atoms with Crippen LogP contribution in [0.5, 0.6) is 0 Å². The van der Waals surface area contributed by atoms with Crippen molar-refractivity contribution in [3.05, 3.63) is 23.2 Å². The van der Waals surface area contributed by atoms with Gasteiger partial charge in [0.2, 0.25) is 10.0 Å². The van der Waals surface area contributed by atoms with Crippen LogP contribution in [0.3, 0.4) is 0 Å². The van der Waals surface area contributed by atoms with Gasteiger partial charge in [0.05, 0.1) is 5.02 Å². The molecular weight excluding hydrogens is 254 g/mol. The lowest BCUT2D eigenvalue weighted by Crippen LogP contribution is -2.33. The first-order chi connectivity index (χ1) is 7.36. The minimum absolute atomic E-state index is 0.230. The summed E-state index contributed by atoms with van der Waals surface area (Å²) in [6.07, 6.45) is 1.92. The molecular formula is C8H12ClN3O3S. The third-order valence-corrected chi connectivity index (χ3v) is 3.57. The van der Waals surface area contributed by atoms with Gasteiger partial charge in [0.15, 0.2) is 5.82 Å². The summed E-state index contributed by atoms with van der Waals surface area (Å²) in [5, 5.41) is 4.46. The maximum absolute atomic E-state index is 11.2. The lowest BCUT2D eigenvalue weighted by atomic mass is 10.2. The van der Waals surface area contributed by atoms with Crippen LogP contribution in [-0.2, 0) is 14.8 Å². The Morgan fingerprint density at radius 3 is 2.31 bits per heavy atom. The molecule has 90 valence electrons. The van der Waals surface area contributed by atoms with E-state index >= 15 is 0 Å². The third-order valence-electron chi connectivity index (χ3n) is 2.09. The fourth-order valence-electron chi connectivity index (χ4n) is 1.15. The molecule has 16 heavy (non-hydrogen) atoms. The first-order valence-corrected chi connectivity index (χ1v) is 6.37. The molecule has 2 N–H and O–H groups in total. The van der Waals surface area contributed by atoms with E-state index in [1.165, 1.54) is 26.4 Å². The SMILES string of the molecule is CO[C@H](c1ncc(Cl)cn1)C(C)S(N)(=O)=O. The topological polar surface area (TPSA) is 95.2 Å². The van der Waals surface area contributed by atoms with E-state index in [-0.39, 0.29) is 5.82 Å². The average molecular weight is 266 g/mol. The summed E-state index contributed by atoms with van der Waals surface area (Å²) in [5.74, 6) is 0.230. The van der Waals surface area contributed by atoms with Crippen molar-refractivity contribution in [3.8, 4) is 0 Å². The standard InChI is InChI=1S/C8H12ClN3O3S/c1-5(16(10,13)14)7(15-2)8-11-3-6(9)4-12-8/h3-5,7H,1-2H3,(H2,10,13,14)/t5?,7-/m0/s1. The first kappa shape index (κ1) is 13.3. The number of primary sulfonamides is 1. The third kappa shape index (κ3) is 3.11. The molecule has 1 aromatic rings. The van der Waals surface area contributed by atoms with Crippen LogP contribution in [-0.4, -0.2) is 30.7 Å². The van der Waals surface area contributed by atoms with Crippen molar-refractivity contribution in [2.45, 2.75) is 18.3 Å². The molecule has 0 saturated carbocycles. The zero-order chi connectivity index (χ0) is 12.3. The molecule has 0 aliphatic heterocycles. The summed E-state index contributed by atoms with van der Waals surface area (Å²) >= 11 is 5.62. The Bertz CT molecular complexity index is 448. The molecule has 1 aromatic heterocycles. The van der Waals surface area contributed by atoms with Crippen LogP contribution in [0.2, 0.25) is 5.02 Å². The molecule has 1 heterocycles. The number of rotatable bonds is 4. The van der Waals surface area contributed by atoms with Gasteiger partial charge in [-0.15, -0.1) is 0 Å². The lowest BCUT2D eigenvalue weighted by molar-refractivity contribution is 0.0948. The molecule has 0 spiro atoms. The minimum Gasteiger partial charge on any atom is -0.372 e. The Balaban J connectivity index is 3.03. The molecule has 0 saturated heterocycles. The van der Waals surface area contributed by atoms with Gasteiger partial charge in [-0.05, 0) is 6.92 Å². The molecule has 0 amide bonds. The van der Waals surface area contributed by atoms with Crippen molar-refractivity contribution in [2.75, 3.05) is 7.11 Å². The van der Waals surface area contributed by atoms with Gasteiger partial charge in [0, 0.05) is 19.5 Å². The summed E-state index contributed by atoms with van der Waals surface area (Å²) in [7, 11) is -2.35. The molecule has 0 fully saturated rings. The monoisotopic (exact) mass is 265 g/mol. The van der Waals surface area contributed by atoms with Gasteiger partial charge in [-0.3, -0.25) is 0 Å². The van der Waals surface area contributed by atoms with Crippen LogP contribution in [0, 0.1) is 0 Å². The fraction of sp³-hybridized carbons (Fsp3) is 0.500. The highest BCUT2D eigenvalue weighted by molar-refractivity contribution is 7.89. The molecule has 0 aliphatic rings. The van der Waals surface area contributed by atoms with Crippen molar-refractivity contribution >= 4 is 21.6 Å². The number of aromatic nitrogens is 2. The maximum atomic E-state index is 11.2. The van der Waals surface area contributed by atoms with Crippen LogP contribution in [0.4, 0.5) is 0 Å². The molecule has 1 rings (SSSR count). The van der Waals surface area contributed by atoms with Crippen LogP contribution in [0.25, 0.3) is 0 Å². The Morgan fingerprint density at radius 1 is 1.44 bits per heavy atom. The Morgan fingerprint density at radius 2 is 1.94 bits per heavy atom. The second-order valence-corrected chi connectivity index (χ2v) is 5.57. The number of hydrogen-bond donors (Lipinski definition) is 1. The van der Waals surface area contributed by atoms with E-state index in [0.717, 1.165) is 0 Å². The van der Waals surface area contributed by atoms with Crippen molar-refractivity contribution in [2.24, 2.45) is 5.14 Å². The number of sulfonamides is 1. The zero-order valence-electron chi connectivity index (χ0n) is 8.79. The second kappa shape index (κ2) is 5.05. The molecule has 0 aromatic carbocycles. The van der Waals surface area contributed by atoms with E-state index < -0.39 is 21.4 Å². The van der Waals surface area contributed by atoms with E-state index in [9.17, 15) is 8.42 Å². The van der Waals surface area contributed by atoms with Crippen molar-refractivity contribution in [1.29, 1.82) is 0 Å². The first-order valence-electron chi connectivity index (χ1n) is 4.38. The summed E-state index contributed by atoms with van der Waals surface area (Å²) in [6.45, 7) is 1.43. The van der Waals surface area contributed by atoms with E-state index in [2.05, 4.69) is 9.97 Å². The summed E-state index contributed by atoms with van der Waals surface area (Å²) in [6, 6.07) is 0. The Kier molecular flexibility index (Phi) is 4.20. The van der Waals surface area contributed by atoms with Crippen molar-refractivity contribution in [1.82, 2.24) is 9.97 Å². The fourth-order valence-corrected chi connectivity index (χ4v) is 1.82. The van der Waals surface area contributed by atoms with Gasteiger partial charge >= 0.3 is 0 Å². The molecule has 1 unspecified atom stereocenters. The van der Waals surface area contributed by atoms with E-state index in [4.69, 9.17) is 21.5 Å². The second-order valence-electron chi connectivity index (χ2n) is 3.21. The number of nitrogens with zero attached hydrogens (tertiary/aromatic N) is 2. The number of nitrogens with two attached hydrogens (primary N) is 1. The van der Waals surface area contributed by atoms with Gasteiger partial charge in [-0.2, -0.15) is 0 Å². The highest BCUT2D eigenvalue weighted by Crippen LogP contribution is 2.21. The van der Waals surface area contributed by atoms with Gasteiger partial charge in [0.1, 0.15) is 11.4 Å². The van der Waals surface area contributed by atoms with Gasteiger partial charge in [-0.1, -0.05) is 11.6 Å². The summed E-state index contributed by atoms with van der Waals surface area (Å²) in [5.41, 5.74) is 0.